The van der Waals surface area contributed by atoms with Crippen LogP contribution in [0.5, 0.6) is 0 Å². The van der Waals surface area contributed by atoms with Gasteiger partial charge in [-0.05, 0) is 154 Å². The first kappa shape index (κ1) is 54.9. The zero-order chi connectivity index (χ0) is 52.2. The molecule has 17 heteroatoms. The summed E-state index contributed by atoms with van der Waals surface area (Å²) < 4.78 is 37.4. The molecule has 5 saturated carbocycles. The molecular weight excluding hydrogens is 950 g/mol. The van der Waals surface area contributed by atoms with Gasteiger partial charge >= 0.3 is 0 Å². The second-order valence-electron chi connectivity index (χ2n) is 24.9. The number of ether oxygens (including phenoxy) is 6. The number of benzene rings is 1. The van der Waals surface area contributed by atoms with Crippen LogP contribution in [0, 0.1) is 56.7 Å². The molecule has 1 aromatic carbocycles. The number of hydrogen-bond donors (Lipinski definition) is 9. The van der Waals surface area contributed by atoms with Crippen LogP contribution in [0.15, 0.2) is 36.4 Å². The van der Waals surface area contributed by atoms with Gasteiger partial charge in [0.1, 0.15) is 61.0 Å². The molecule has 9 rings (SSSR count). The average Bonchev–Trinajstić information content (AvgIpc) is 3.74. The Morgan fingerprint density at radius 3 is 1.96 bits per heavy atom. The number of hydrogen-bond acceptors (Lipinski definition) is 15. The van der Waals surface area contributed by atoms with Crippen LogP contribution in [-0.2, 0) is 39.8 Å². The third kappa shape index (κ3) is 8.87. The fourth-order valence-corrected chi connectivity index (χ4v) is 17.2. The van der Waals surface area contributed by atoms with Gasteiger partial charge in [-0.1, -0.05) is 70.5 Å². The molecule has 1 aromatic rings. The quantitative estimate of drug-likeness (QED) is 0.109. The van der Waals surface area contributed by atoms with E-state index in [1.165, 1.54) is 19.4 Å². The van der Waals surface area contributed by atoms with Crippen LogP contribution in [0.1, 0.15) is 125 Å². The van der Waals surface area contributed by atoms with Crippen molar-refractivity contribution >= 4 is 17.5 Å². The molecule has 8 fully saturated rings. The predicted molar refractivity (Wildman–Crippen MR) is 263 cm³/mol. The molecule has 0 bridgehead atoms. The molecular formula is C55H84ClNO15. The van der Waals surface area contributed by atoms with E-state index in [0.717, 1.165) is 63.4 Å². The van der Waals surface area contributed by atoms with E-state index >= 15 is 0 Å². The maximum Gasteiger partial charge on any atom is 0.226 e. The summed E-state index contributed by atoms with van der Waals surface area (Å²) in [6, 6.07) is 7.69. The lowest BCUT2D eigenvalue weighted by Crippen LogP contribution is -2.68. The average molecular weight is 1030 g/mol. The van der Waals surface area contributed by atoms with Gasteiger partial charge in [-0.3, -0.25) is 4.79 Å². The Morgan fingerprint density at radius 2 is 1.35 bits per heavy atom. The molecule has 16 nitrogen and oxygen atoms in total. The fraction of sp³-hybridized carbons (Fsp3) is 0.836. The number of aliphatic hydroxyl groups is 8. The summed E-state index contributed by atoms with van der Waals surface area (Å²) in [7, 11) is 0. The number of fused-ring (bicyclic) bond motifs is 7. The van der Waals surface area contributed by atoms with Crippen molar-refractivity contribution in [2.24, 2.45) is 56.7 Å². The fourth-order valence-electron chi connectivity index (χ4n) is 16.9. The molecule has 3 saturated heterocycles. The molecule has 3 aliphatic heterocycles. The molecule has 0 unspecified atom stereocenters. The van der Waals surface area contributed by atoms with Crippen molar-refractivity contribution in [1.82, 2.24) is 5.32 Å². The van der Waals surface area contributed by atoms with E-state index in [1.807, 2.05) is 24.3 Å². The van der Waals surface area contributed by atoms with Crippen molar-refractivity contribution in [1.29, 1.82) is 0 Å². The van der Waals surface area contributed by atoms with Crippen molar-refractivity contribution < 1.29 is 74.1 Å². The van der Waals surface area contributed by atoms with Gasteiger partial charge in [0.15, 0.2) is 18.9 Å². The maximum absolute atomic E-state index is 14.7. The zero-order valence-corrected chi connectivity index (χ0v) is 44.2. The minimum atomic E-state index is -1.74. The van der Waals surface area contributed by atoms with Gasteiger partial charge in [0.05, 0.1) is 30.3 Å². The number of carbonyl (C=O) groups is 1. The van der Waals surface area contributed by atoms with E-state index in [9.17, 15) is 45.6 Å². The third-order valence-electron chi connectivity index (χ3n) is 21.1. The van der Waals surface area contributed by atoms with Crippen LogP contribution in [0.25, 0.3) is 0 Å². The minimum Gasteiger partial charge on any atom is -0.394 e. The lowest BCUT2D eigenvalue weighted by atomic mass is 9.32. The first-order chi connectivity index (χ1) is 33.8. The molecule has 406 valence electrons. The lowest BCUT2D eigenvalue weighted by Gasteiger charge is -2.73. The largest absolute Gasteiger partial charge is 0.394 e. The van der Waals surface area contributed by atoms with Gasteiger partial charge in [0, 0.05) is 11.6 Å². The third-order valence-corrected chi connectivity index (χ3v) is 21.3. The number of carbonyl (C=O) groups excluding carboxylic acids is 1. The van der Waals surface area contributed by atoms with Gasteiger partial charge in [-0.25, -0.2) is 0 Å². The zero-order valence-electron chi connectivity index (χ0n) is 43.4. The SMILES string of the molecule is C=C(C)[C@@H]1CC[C@]2(C(=O)NCc3cccc(Cl)c3)CC[C@]3(C)[C@H](CC[C@@H]4[C@@]5(C)CC[C@H](O[C@@H]6O[C@H](CO)[C@@H](O[C@@H]7O[C@@H](C)[C@H](O)[C@@H](O)[C@H]7O)[C@H](O)[C@H]6O[C@@H]6O[C@@H](C)[C@H](O)[C@@H](O)[C@H]6O)C(C)(C)[C@@H]5CC[C@]43C)[C@@H]12. The van der Waals surface area contributed by atoms with Gasteiger partial charge in [0.2, 0.25) is 5.91 Å². The number of amides is 1. The Morgan fingerprint density at radius 1 is 0.708 bits per heavy atom. The standard InChI is InChI=1S/C55H84ClNO15/c1-26(2)31-15-20-55(50(66)57-24-29-11-10-12-30(56)23-29)22-21-53(8)32(37(31)55)13-14-35-52(7)18-17-36(51(5,6)34(52)16-19-54(35,53)9)70-49-46(72-48-43(64)41(62)39(60)28(4)68-48)44(65)45(33(25-58)69-49)71-47-42(63)40(61)38(59)27(3)67-47/h10-12,23,27-28,31-49,58-65H,1,13-22,24-25H2,2-9H3,(H,57,66)/t27-,28-,31-,32+,33+,34-,35+,36-,37+,38-,39-,40+,41+,42+,43+,44-,45+,46+,47-,48-,49-,52-,53+,54+,55-/m0/s1. The van der Waals surface area contributed by atoms with E-state index in [1.54, 1.807) is 0 Å². The second kappa shape index (κ2) is 20.2. The topological polar surface area (TPSA) is 246 Å². The van der Waals surface area contributed by atoms with E-state index in [4.69, 9.17) is 40.0 Å². The number of rotatable bonds is 11. The molecule has 0 aromatic heterocycles. The first-order valence-electron chi connectivity index (χ1n) is 26.8. The molecule has 9 N–H and O–H groups in total. The molecule has 25 atom stereocenters. The number of allylic oxidation sites excluding steroid dienone is 1. The van der Waals surface area contributed by atoms with Crippen LogP contribution in [0.3, 0.4) is 0 Å². The van der Waals surface area contributed by atoms with E-state index < -0.39 is 116 Å². The Hall–Kier alpha value is -1.84. The summed E-state index contributed by atoms with van der Waals surface area (Å²) in [5.41, 5.74) is 1.16. The number of halogens is 1. The second-order valence-corrected chi connectivity index (χ2v) is 25.4. The Balaban J connectivity index is 0.958. The van der Waals surface area contributed by atoms with Crippen molar-refractivity contribution in [3.63, 3.8) is 0 Å². The smallest absolute Gasteiger partial charge is 0.226 e. The van der Waals surface area contributed by atoms with Gasteiger partial charge in [-0.15, -0.1) is 0 Å². The lowest BCUT2D eigenvalue weighted by molar-refractivity contribution is -0.393. The van der Waals surface area contributed by atoms with Crippen LogP contribution in [0.2, 0.25) is 5.02 Å². The molecule has 72 heavy (non-hydrogen) atoms. The summed E-state index contributed by atoms with van der Waals surface area (Å²) in [6.07, 6.45) is -13.2. The molecule has 8 aliphatic rings. The van der Waals surface area contributed by atoms with Crippen LogP contribution in [-0.4, -0.2) is 152 Å². The predicted octanol–water partition coefficient (Wildman–Crippen LogP) is 4.50. The minimum absolute atomic E-state index is 0.00682. The maximum atomic E-state index is 14.7. The molecule has 0 spiro atoms. The Kier molecular flexibility index (Phi) is 15.4. The summed E-state index contributed by atoms with van der Waals surface area (Å²) >= 11 is 6.33. The van der Waals surface area contributed by atoms with Gasteiger partial charge < -0.3 is 74.6 Å². The van der Waals surface area contributed by atoms with E-state index in [-0.39, 0.29) is 39.9 Å². The summed E-state index contributed by atoms with van der Waals surface area (Å²) in [5.74, 6) is 1.60. The van der Waals surface area contributed by atoms with Gasteiger partial charge in [-0.2, -0.15) is 0 Å². The Labute approximate surface area is 430 Å². The van der Waals surface area contributed by atoms with Crippen LogP contribution < -0.4 is 5.32 Å². The van der Waals surface area contributed by atoms with E-state index in [2.05, 4.69) is 53.4 Å². The molecule has 3 heterocycles. The van der Waals surface area contributed by atoms with E-state index in [0.29, 0.717) is 29.8 Å². The number of nitrogens with one attached hydrogen (secondary N) is 1. The number of aliphatic hydroxyl groups excluding tert-OH is 8. The highest BCUT2D eigenvalue weighted by atomic mass is 35.5. The van der Waals surface area contributed by atoms with Crippen LogP contribution in [0.4, 0.5) is 0 Å². The highest BCUT2D eigenvalue weighted by Crippen LogP contribution is 2.77. The molecule has 0 radical (unpaired) electrons. The first-order valence-corrected chi connectivity index (χ1v) is 27.2. The molecule has 1 amide bonds. The summed E-state index contributed by atoms with van der Waals surface area (Å²) in [4.78, 5) is 14.7. The van der Waals surface area contributed by atoms with Crippen molar-refractivity contribution in [3.8, 4) is 0 Å². The normalized spacial score (nSPS) is 51.0. The van der Waals surface area contributed by atoms with Crippen molar-refractivity contribution in [2.45, 2.75) is 224 Å². The Bertz CT molecular complexity index is 2130. The molecule has 5 aliphatic carbocycles. The summed E-state index contributed by atoms with van der Waals surface area (Å²) in [5, 5.41) is 91.2. The highest BCUT2D eigenvalue weighted by Gasteiger charge is 2.72. The highest BCUT2D eigenvalue weighted by molar-refractivity contribution is 6.30. The van der Waals surface area contributed by atoms with Gasteiger partial charge in [0.25, 0.3) is 0 Å². The van der Waals surface area contributed by atoms with Crippen molar-refractivity contribution in [3.05, 3.63) is 47.0 Å². The van der Waals surface area contributed by atoms with Crippen molar-refractivity contribution in [2.75, 3.05) is 6.61 Å². The monoisotopic (exact) mass is 1030 g/mol. The summed E-state index contributed by atoms with van der Waals surface area (Å²) in [6.45, 7) is 21.5. The van der Waals surface area contributed by atoms with Crippen LogP contribution >= 0.6 is 11.6 Å².